The van der Waals surface area contributed by atoms with Crippen molar-refractivity contribution >= 4 is 22.5 Å². The number of nitrogens with one attached hydrogen (secondary N) is 2. The van der Waals surface area contributed by atoms with E-state index in [-0.39, 0.29) is 0 Å². The second-order valence-electron chi connectivity index (χ2n) is 5.70. The summed E-state index contributed by atoms with van der Waals surface area (Å²) in [4.78, 5) is 10.8. The maximum Gasteiger partial charge on any atom is 0.160 e. The third-order valence-corrected chi connectivity index (χ3v) is 4.36. The number of benzene rings is 1. The molecule has 22 heavy (non-hydrogen) atoms. The Morgan fingerprint density at radius 2 is 2.23 bits per heavy atom. The topological polar surface area (TPSA) is 69.7 Å². The van der Waals surface area contributed by atoms with Crippen LogP contribution in [0.5, 0.6) is 0 Å². The van der Waals surface area contributed by atoms with Crippen molar-refractivity contribution in [3.63, 3.8) is 0 Å². The highest BCUT2D eigenvalue weighted by Crippen LogP contribution is 2.34. The normalized spacial score (nSPS) is 17.5. The largest absolute Gasteiger partial charge is 0.374 e. The average molecular weight is 294 g/mol. The van der Waals surface area contributed by atoms with Gasteiger partial charge in [-0.3, -0.25) is 5.10 Å². The Bertz CT molecular complexity index is 796. The van der Waals surface area contributed by atoms with Crippen molar-refractivity contribution in [2.75, 3.05) is 30.4 Å². The molecule has 0 aliphatic carbocycles. The van der Waals surface area contributed by atoms with Crippen LogP contribution >= 0.6 is 0 Å². The Hall–Kier alpha value is -2.63. The molecule has 1 aliphatic rings. The first-order chi connectivity index (χ1) is 10.8. The first-order valence-corrected chi connectivity index (χ1v) is 7.51. The molecule has 4 rings (SSSR count). The standard InChI is InChI=1S/C16H18N6/c1-22-7-6-11(12-4-2-3-5-14(12)22)8-17-15-13-9-20-21-16(13)19-10-18-15/h2-5,9-11H,6-8H2,1H3,(H2,17,18,19,20,21). The molecule has 1 aliphatic heterocycles. The molecule has 0 amide bonds. The molecule has 112 valence electrons. The van der Waals surface area contributed by atoms with Gasteiger partial charge in [0.25, 0.3) is 0 Å². The molecule has 0 saturated carbocycles. The average Bonchev–Trinajstić information content (AvgIpc) is 3.04. The number of H-pyrrole nitrogens is 1. The lowest BCUT2D eigenvalue weighted by molar-refractivity contribution is 0.614. The van der Waals surface area contributed by atoms with Gasteiger partial charge in [-0.25, -0.2) is 9.97 Å². The monoisotopic (exact) mass is 294 g/mol. The fraction of sp³-hybridized carbons (Fsp3) is 0.312. The summed E-state index contributed by atoms with van der Waals surface area (Å²) in [5, 5.41) is 11.3. The summed E-state index contributed by atoms with van der Waals surface area (Å²) in [6.45, 7) is 1.94. The summed E-state index contributed by atoms with van der Waals surface area (Å²) in [7, 11) is 2.15. The number of nitrogens with zero attached hydrogens (tertiary/aromatic N) is 4. The highest BCUT2D eigenvalue weighted by Gasteiger charge is 2.22. The SMILES string of the molecule is CN1CCC(CNc2ncnc3[nH]ncc23)c2ccccc21. The second-order valence-corrected chi connectivity index (χ2v) is 5.70. The minimum absolute atomic E-state index is 0.490. The molecule has 2 aromatic heterocycles. The highest BCUT2D eigenvalue weighted by atomic mass is 15.2. The fourth-order valence-corrected chi connectivity index (χ4v) is 3.14. The lowest BCUT2D eigenvalue weighted by Crippen LogP contribution is -2.29. The van der Waals surface area contributed by atoms with E-state index in [9.17, 15) is 0 Å². The van der Waals surface area contributed by atoms with Gasteiger partial charge in [-0.1, -0.05) is 18.2 Å². The molecular formula is C16H18N6. The Kier molecular flexibility index (Phi) is 3.14. The van der Waals surface area contributed by atoms with E-state index in [0.717, 1.165) is 36.4 Å². The maximum absolute atomic E-state index is 4.34. The van der Waals surface area contributed by atoms with Crippen LogP contribution in [0.25, 0.3) is 11.0 Å². The Labute approximate surface area is 128 Å². The zero-order valence-corrected chi connectivity index (χ0v) is 12.5. The number of para-hydroxylation sites is 1. The van der Waals surface area contributed by atoms with Crippen LogP contribution in [0.3, 0.4) is 0 Å². The summed E-state index contributed by atoms with van der Waals surface area (Å²) in [5.41, 5.74) is 3.50. The zero-order valence-electron chi connectivity index (χ0n) is 12.5. The van der Waals surface area contributed by atoms with E-state index in [1.165, 1.54) is 11.3 Å². The van der Waals surface area contributed by atoms with Gasteiger partial charge in [-0.15, -0.1) is 0 Å². The molecule has 2 N–H and O–H groups in total. The number of fused-ring (bicyclic) bond motifs is 2. The molecule has 0 spiro atoms. The van der Waals surface area contributed by atoms with Gasteiger partial charge in [0.2, 0.25) is 0 Å². The van der Waals surface area contributed by atoms with Gasteiger partial charge < -0.3 is 10.2 Å². The van der Waals surface area contributed by atoms with E-state index in [2.05, 4.69) is 61.7 Å². The third kappa shape index (κ3) is 2.16. The van der Waals surface area contributed by atoms with Crippen molar-refractivity contribution in [3.05, 3.63) is 42.4 Å². The summed E-state index contributed by atoms with van der Waals surface area (Å²) in [6.07, 6.45) is 4.46. The van der Waals surface area contributed by atoms with Crippen LogP contribution in [0.2, 0.25) is 0 Å². The van der Waals surface area contributed by atoms with Gasteiger partial charge in [0, 0.05) is 31.7 Å². The Morgan fingerprint density at radius 1 is 1.32 bits per heavy atom. The van der Waals surface area contributed by atoms with E-state index in [1.807, 2.05) is 0 Å². The van der Waals surface area contributed by atoms with Crippen LogP contribution in [0.4, 0.5) is 11.5 Å². The number of anilines is 2. The predicted molar refractivity (Wildman–Crippen MR) is 87.2 cm³/mol. The van der Waals surface area contributed by atoms with Crippen LogP contribution in [0.15, 0.2) is 36.8 Å². The number of aromatic amines is 1. The van der Waals surface area contributed by atoms with E-state index in [0.29, 0.717) is 5.92 Å². The minimum atomic E-state index is 0.490. The van der Waals surface area contributed by atoms with Crippen LogP contribution in [0, 0.1) is 0 Å². The van der Waals surface area contributed by atoms with Gasteiger partial charge >= 0.3 is 0 Å². The lowest BCUT2D eigenvalue weighted by Gasteiger charge is -2.33. The number of hydrogen-bond acceptors (Lipinski definition) is 5. The predicted octanol–water partition coefficient (Wildman–Crippen LogP) is 2.39. The molecule has 3 heterocycles. The van der Waals surface area contributed by atoms with Gasteiger partial charge in [0.05, 0.1) is 11.6 Å². The van der Waals surface area contributed by atoms with Gasteiger partial charge in [0.15, 0.2) is 5.65 Å². The van der Waals surface area contributed by atoms with Crippen LogP contribution in [-0.2, 0) is 0 Å². The van der Waals surface area contributed by atoms with E-state index >= 15 is 0 Å². The van der Waals surface area contributed by atoms with Crippen LogP contribution in [-0.4, -0.2) is 40.3 Å². The molecule has 1 unspecified atom stereocenters. The number of aromatic nitrogens is 4. The van der Waals surface area contributed by atoms with E-state index in [1.54, 1.807) is 12.5 Å². The zero-order chi connectivity index (χ0) is 14.9. The number of rotatable bonds is 3. The van der Waals surface area contributed by atoms with Crippen molar-refractivity contribution < 1.29 is 0 Å². The molecule has 0 radical (unpaired) electrons. The molecule has 0 saturated heterocycles. The second kappa shape index (κ2) is 5.29. The highest BCUT2D eigenvalue weighted by molar-refractivity contribution is 5.85. The molecule has 1 atom stereocenters. The fourth-order valence-electron chi connectivity index (χ4n) is 3.14. The van der Waals surface area contributed by atoms with Crippen LogP contribution in [0.1, 0.15) is 17.9 Å². The molecular weight excluding hydrogens is 276 g/mol. The summed E-state index contributed by atoms with van der Waals surface area (Å²) < 4.78 is 0. The Morgan fingerprint density at radius 3 is 3.18 bits per heavy atom. The van der Waals surface area contributed by atoms with Crippen molar-refractivity contribution in [1.29, 1.82) is 0 Å². The van der Waals surface area contributed by atoms with Crippen molar-refractivity contribution in [2.45, 2.75) is 12.3 Å². The smallest absolute Gasteiger partial charge is 0.160 e. The minimum Gasteiger partial charge on any atom is -0.374 e. The van der Waals surface area contributed by atoms with Crippen molar-refractivity contribution in [3.8, 4) is 0 Å². The van der Waals surface area contributed by atoms with Gasteiger partial charge in [0.1, 0.15) is 12.1 Å². The third-order valence-electron chi connectivity index (χ3n) is 4.36. The van der Waals surface area contributed by atoms with E-state index in [4.69, 9.17) is 0 Å². The van der Waals surface area contributed by atoms with Crippen LogP contribution < -0.4 is 10.2 Å². The quantitative estimate of drug-likeness (QED) is 0.776. The molecule has 6 heteroatoms. The van der Waals surface area contributed by atoms with Gasteiger partial charge in [-0.05, 0) is 18.1 Å². The van der Waals surface area contributed by atoms with E-state index < -0.39 is 0 Å². The number of hydrogen-bond donors (Lipinski definition) is 2. The maximum atomic E-state index is 4.34. The molecule has 1 aromatic carbocycles. The molecule has 6 nitrogen and oxygen atoms in total. The van der Waals surface area contributed by atoms with Crippen molar-refractivity contribution in [1.82, 2.24) is 20.2 Å². The molecule has 0 bridgehead atoms. The first kappa shape index (κ1) is 13.1. The lowest BCUT2D eigenvalue weighted by atomic mass is 9.90. The van der Waals surface area contributed by atoms with Crippen molar-refractivity contribution in [2.24, 2.45) is 0 Å². The summed E-state index contributed by atoms with van der Waals surface area (Å²) >= 11 is 0. The van der Waals surface area contributed by atoms with Gasteiger partial charge in [-0.2, -0.15) is 5.10 Å². The molecule has 0 fully saturated rings. The molecule has 3 aromatic rings. The summed E-state index contributed by atoms with van der Waals surface area (Å²) in [5.74, 6) is 1.33. The Balaban J connectivity index is 1.57. The summed E-state index contributed by atoms with van der Waals surface area (Å²) in [6, 6.07) is 8.64. The first-order valence-electron chi connectivity index (χ1n) is 7.51.